The van der Waals surface area contributed by atoms with Crippen LogP contribution in [0.3, 0.4) is 0 Å². The highest BCUT2D eigenvalue weighted by molar-refractivity contribution is 9.10. The highest BCUT2D eigenvalue weighted by atomic mass is 79.9. The zero-order chi connectivity index (χ0) is 13.5. The quantitative estimate of drug-likeness (QED) is 0.482. The topological polar surface area (TPSA) is 28.7 Å². The SMILES string of the molecule is Brc1ncccc1-c1ccc2[nH]c3ccccc3c2c1. The maximum absolute atomic E-state index is 4.29. The fourth-order valence-electron chi connectivity index (χ4n) is 2.62. The molecule has 0 aliphatic carbocycles. The summed E-state index contributed by atoms with van der Waals surface area (Å²) in [6.45, 7) is 0. The van der Waals surface area contributed by atoms with Crippen molar-refractivity contribution in [3.63, 3.8) is 0 Å². The van der Waals surface area contributed by atoms with E-state index in [0.717, 1.165) is 15.7 Å². The minimum absolute atomic E-state index is 0.874. The van der Waals surface area contributed by atoms with Crippen LogP contribution in [0, 0.1) is 0 Å². The van der Waals surface area contributed by atoms with Gasteiger partial charge in [0, 0.05) is 33.6 Å². The molecule has 0 saturated heterocycles. The first kappa shape index (κ1) is 11.7. The van der Waals surface area contributed by atoms with Crippen LogP contribution in [0.15, 0.2) is 65.4 Å². The predicted molar refractivity (Wildman–Crippen MR) is 86.7 cm³/mol. The van der Waals surface area contributed by atoms with Crippen LogP contribution in [0.2, 0.25) is 0 Å². The van der Waals surface area contributed by atoms with Gasteiger partial charge in [0.25, 0.3) is 0 Å². The van der Waals surface area contributed by atoms with Gasteiger partial charge < -0.3 is 4.98 Å². The Kier molecular flexibility index (Phi) is 2.60. The summed E-state index contributed by atoms with van der Waals surface area (Å²) in [6, 6.07) is 18.9. The number of hydrogen-bond donors (Lipinski definition) is 1. The summed E-state index contributed by atoms with van der Waals surface area (Å²) >= 11 is 3.52. The Morgan fingerprint density at radius 1 is 0.850 bits per heavy atom. The fraction of sp³-hybridized carbons (Fsp3) is 0. The molecule has 0 radical (unpaired) electrons. The molecule has 1 N–H and O–H groups in total. The molecule has 2 aromatic heterocycles. The van der Waals surface area contributed by atoms with Crippen LogP contribution in [0.5, 0.6) is 0 Å². The van der Waals surface area contributed by atoms with Crippen molar-refractivity contribution in [3.05, 3.63) is 65.4 Å². The first-order chi connectivity index (χ1) is 9.83. The molecule has 2 heterocycles. The highest BCUT2D eigenvalue weighted by Gasteiger charge is 2.07. The Labute approximate surface area is 124 Å². The van der Waals surface area contributed by atoms with E-state index < -0.39 is 0 Å². The van der Waals surface area contributed by atoms with Crippen LogP contribution < -0.4 is 0 Å². The molecule has 0 atom stereocenters. The molecule has 0 saturated carbocycles. The normalized spacial score (nSPS) is 11.2. The molecule has 0 unspecified atom stereocenters. The van der Waals surface area contributed by atoms with E-state index in [1.165, 1.54) is 21.9 Å². The van der Waals surface area contributed by atoms with Crippen LogP contribution in [-0.4, -0.2) is 9.97 Å². The second-order valence-corrected chi connectivity index (χ2v) is 5.52. The van der Waals surface area contributed by atoms with E-state index in [2.05, 4.69) is 74.4 Å². The van der Waals surface area contributed by atoms with Crippen molar-refractivity contribution in [3.8, 4) is 11.1 Å². The third kappa shape index (κ3) is 1.74. The van der Waals surface area contributed by atoms with Crippen molar-refractivity contribution in [2.45, 2.75) is 0 Å². The standard InChI is InChI=1S/C17H11BrN2/c18-17-12(5-3-9-19-17)11-7-8-16-14(10-11)13-4-1-2-6-15(13)20-16/h1-10,20H. The molecule has 0 fully saturated rings. The van der Waals surface area contributed by atoms with E-state index in [4.69, 9.17) is 0 Å². The molecular formula is C17H11BrN2. The number of H-pyrrole nitrogens is 1. The summed E-state index contributed by atoms with van der Waals surface area (Å²) in [5, 5.41) is 2.50. The van der Waals surface area contributed by atoms with E-state index in [1.54, 1.807) is 6.20 Å². The summed E-state index contributed by atoms with van der Waals surface area (Å²) in [5.74, 6) is 0. The number of rotatable bonds is 1. The first-order valence-corrected chi connectivity index (χ1v) is 7.23. The maximum atomic E-state index is 4.29. The Hall–Kier alpha value is -2.13. The second-order valence-electron chi connectivity index (χ2n) is 4.77. The third-order valence-corrected chi connectivity index (χ3v) is 4.21. The smallest absolute Gasteiger partial charge is 0.113 e. The number of fused-ring (bicyclic) bond motifs is 3. The molecule has 96 valence electrons. The molecule has 0 spiro atoms. The molecule has 4 aromatic rings. The molecule has 2 nitrogen and oxygen atoms in total. The van der Waals surface area contributed by atoms with Gasteiger partial charge >= 0.3 is 0 Å². The van der Waals surface area contributed by atoms with Gasteiger partial charge in [-0.15, -0.1) is 0 Å². The average Bonchev–Trinajstić information content (AvgIpc) is 2.85. The number of halogens is 1. The number of hydrogen-bond acceptors (Lipinski definition) is 1. The van der Waals surface area contributed by atoms with Crippen LogP contribution in [0.4, 0.5) is 0 Å². The number of nitrogens with one attached hydrogen (secondary N) is 1. The molecule has 2 aromatic carbocycles. The fourth-order valence-corrected chi connectivity index (χ4v) is 3.10. The van der Waals surface area contributed by atoms with Gasteiger partial charge in [-0.1, -0.05) is 30.3 Å². The van der Waals surface area contributed by atoms with E-state index in [1.807, 2.05) is 6.07 Å². The van der Waals surface area contributed by atoms with Crippen LogP contribution in [-0.2, 0) is 0 Å². The van der Waals surface area contributed by atoms with Gasteiger partial charge in [0.05, 0.1) is 0 Å². The maximum Gasteiger partial charge on any atom is 0.113 e. The van der Waals surface area contributed by atoms with Gasteiger partial charge in [-0.3, -0.25) is 0 Å². The van der Waals surface area contributed by atoms with Crippen molar-refractivity contribution >= 4 is 37.7 Å². The lowest BCUT2D eigenvalue weighted by Crippen LogP contribution is -1.82. The highest BCUT2D eigenvalue weighted by Crippen LogP contribution is 2.32. The van der Waals surface area contributed by atoms with Crippen molar-refractivity contribution in [2.75, 3.05) is 0 Å². The first-order valence-electron chi connectivity index (χ1n) is 6.44. The molecule has 0 bridgehead atoms. The van der Waals surface area contributed by atoms with Crippen molar-refractivity contribution in [1.82, 2.24) is 9.97 Å². The van der Waals surface area contributed by atoms with Crippen LogP contribution in [0.25, 0.3) is 32.9 Å². The van der Waals surface area contributed by atoms with Gasteiger partial charge in [-0.2, -0.15) is 0 Å². The van der Waals surface area contributed by atoms with E-state index in [0.29, 0.717) is 0 Å². The van der Waals surface area contributed by atoms with E-state index in [9.17, 15) is 0 Å². The Morgan fingerprint density at radius 2 is 1.70 bits per heavy atom. The van der Waals surface area contributed by atoms with Gasteiger partial charge in [-0.25, -0.2) is 4.98 Å². The lowest BCUT2D eigenvalue weighted by Gasteiger charge is -2.04. The van der Waals surface area contributed by atoms with E-state index >= 15 is 0 Å². The van der Waals surface area contributed by atoms with Crippen molar-refractivity contribution in [2.24, 2.45) is 0 Å². The summed E-state index contributed by atoms with van der Waals surface area (Å²) in [6.07, 6.45) is 1.79. The lowest BCUT2D eigenvalue weighted by molar-refractivity contribution is 1.28. The van der Waals surface area contributed by atoms with Gasteiger partial charge in [0.1, 0.15) is 4.60 Å². The van der Waals surface area contributed by atoms with Crippen molar-refractivity contribution < 1.29 is 0 Å². The zero-order valence-electron chi connectivity index (χ0n) is 10.6. The zero-order valence-corrected chi connectivity index (χ0v) is 12.2. The lowest BCUT2D eigenvalue weighted by atomic mass is 10.0. The molecular weight excluding hydrogens is 312 g/mol. The Morgan fingerprint density at radius 3 is 2.60 bits per heavy atom. The van der Waals surface area contributed by atoms with Gasteiger partial charge in [0.15, 0.2) is 0 Å². The molecule has 20 heavy (non-hydrogen) atoms. The van der Waals surface area contributed by atoms with Crippen LogP contribution in [0.1, 0.15) is 0 Å². The number of nitrogens with zero attached hydrogens (tertiary/aromatic N) is 1. The second kappa shape index (κ2) is 4.46. The van der Waals surface area contributed by atoms with Gasteiger partial charge in [-0.05, 0) is 45.8 Å². The monoisotopic (exact) mass is 322 g/mol. The van der Waals surface area contributed by atoms with Crippen LogP contribution >= 0.6 is 15.9 Å². The number of para-hydroxylation sites is 1. The third-order valence-electron chi connectivity index (χ3n) is 3.58. The number of benzene rings is 2. The Balaban J connectivity index is 2.03. The number of aromatic amines is 1. The largest absolute Gasteiger partial charge is 0.355 e. The van der Waals surface area contributed by atoms with Gasteiger partial charge in [0.2, 0.25) is 0 Å². The van der Waals surface area contributed by atoms with Crippen molar-refractivity contribution in [1.29, 1.82) is 0 Å². The number of aromatic nitrogens is 2. The summed E-state index contributed by atoms with van der Waals surface area (Å²) < 4.78 is 0.874. The molecule has 0 amide bonds. The molecule has 3 heteroatoms. The van der Waals surface area contributed by atoms with E-state index in [-0.39, 0.29) is 0 Å². The molecule has 4 rings (SSSR count). The molecule has 0 aliphatic heterocycles. The number of pyridine rings is 1. The Bertz CT molecular complexity index is 924. The summed E-state index contributed by atoms with van der Waals surface area (Å²) in [7, 11) is 0. The summed E-state index contributed by atoms with van der Waals surface area (Å²) in [5.41, 5.74) is 4.61. The predicted octanol–water partition coefficient (Wildman–Crippen LogP) is 5.15. The average molecular weight is 323 g/mol. The molecule has 0 aliphatic rings. The minimum Gasteiger partial charge on any atom is -0.355 e. The minimum atomic E-state index is 0.874. The summed E-state index contributed by atoms with van der Waals surface area (Å²) in [4.78, 5) is 7.74.